The molecular formula is C13H20N2O5. The van der Waals surface area contributed by atoms with E-state index in [0.29, 0.717) is 12.3 Å². The van der Waals surface area contributed by atoms with E-state index in [2.05, 4.69) is 5.32 Å². The molecule has 0 bridgehead atoms. The second-order valence-electron chi connectivity index (χ2n) is 4.51. The van der Waals surface area contributed by atoms with Gasteiger partial charge >= 0.3 is 0 Å². The summed E-state index contributed by atoms with van der Waals surface area (Å²) >= 11 is 0. The van der Waals surface area contributed by atoms with Crippen molar-refractivity contribution in [2.24, 2.45) is 5.73 Å². The van der Waals surface area contributed by atoms with Crippen molar-refractivity contribution in [3.05, 3.63) is 29.8 Å². The van der Waals surface area contributed by atoms with Crippen molar-refractivity contribution in [2.75, 3.05) is 26.4 Å². The number of aliphatic hydroxyl groups is 3. The van der Waals surface area contributed by atoms with Gasteiger partial charge in [-0.15, -0.1) is 0 Å². The lowest BCUT2D eigenvalue weighted by atomic mass is 10.0. The predicted octanol–water partition coefficient (Wildman–Crippen LogP) is -1.64. The highest BCUT2D eigenvalue weighted by molar-refractivity contribution is 5.75. The molecule has 1 rings (SSSR count). The molecule has 0 aromatic heterocycles. The first kappa shape index (κ1) is 16.4. The number of benzene rings is 1. The van der Waals surface area contributed by atoms with Gasteiger partial charge in [0.05, 0.1) is 25.4 Å². The Hall–Kier alpha value is -1.67. The molecule has 1 aromatic carbocycles. The van der Waals surface area contributed by atoms with Crippen LogP contribution in [0.4, 0.5) is 0 Å². The van der Waals surface area contributed by atoms with Crippen LogP contribution >= 0.6 is 0 Å². The van der Waals surface area contributed by atoms with E-state index in [1.807, 2.05) is 0 Å². The molecular weight excluding hydrogens is 264 g/mol. The van der Waals surface area contributed by atoms with Crippen molar-refractivity contribution in [3.63, 3.8) is 0 Å². The van der Waals surface area contributed by atoms with Gasteiger partial charge in [-0.3, -0.25) is 4.79 Å². The van der Waals surface area contributed by atoms with E-state index in [0.717, 1.165) is 5.56 Å². The maximum Gasteiger partial charge on any atom is 0.255 e. The molecule has 0 spiro atoms. The molecule has 0 fully saturated rings. The Labute approximate surface area is 117 Å². The van der Waals surface area contributed by atoms with Gasteiger partial charge in [-0.1, -0.05) is 12.1 Å². The number of nitrogens with two attached hydrogens (primary N) is 1. The Balaban J connectivity index is 2.55. The summed E-state index contributed by atoms with van der Waals surface area (Å²) in [6.07, 6.45) is 0. The van der Waals surface area contributed by atoms with E-state index in [4.69, 9.17) is 10.5 Å². The second kappa shape index (κ2) is 7.81. The summed E-state index contributed by atoms with van der Waals surface area (Å²) < 4.78 is 5.12. The normalized spacial score (nSPS) is 11.3. The zero-order valence-electron chi connectivity index (χ0n) is 11.1. The summed E-state index contributed by atoms with van der Waals surface area (Å²) in [5.74, 6) is -0.0281. The highest BCUT2D eigenvalue weighted by Gasteiger charge is 2.26. The monoisotopic (exact) mass is 284 g/mol. The molecule has 20 heavy (non-hydrogen) atoms. The molecule has 0 radical (unpaired) electrons. The maximum absolute atomic E-state index is 10.6. The third-order valence-electron chi connectivity index (χ3n) is 2.88. The van der Waals surface area contributed by atoms with Crippen LogP contribution in [0.2, 0.25) is 0 Å². The van der Waals surface area contributed by atoms with Crippen LogP contribution in [0.15, 0.2) is 24.3 Å². The molecule has 0 saturated carbocycles. The Morgan fingerprint density at radius 3 is 2.15 bits per heavy atom. The molecule has 0 unspecified atom stereocenters. The zero-order valence-corrected chi connectivity index (χ0v) is 11.1. The molecule has 7 nitrogen and oxygen atoms in total. The number of nitrogens with one attached hydrogen (secondary N) is 1. The van der Waals surface area contributed by atoms with Crippen LogP contribution in [-0.4, -0.2) is 53.2 Å². The van der Waals surface area contributed by atoms with Crippen molar-refractivity contribution >= 4 is 5.91 Å². The fraction of sp³-hybridized carbons (Fsp3) is 0.462. The number of hydrogen-bond acceptors (Lipinski definition) is 6. The Kier molecular flexibility index (Phi) is 6.40. The van der Waals surface area contributed by atoms with Crippen molar-refractivity contribution in [3.8, 4) is 5.75 Å². The minimum Gasteiger partial charge on any atom is -0.484 e. The average Bonchev–Trinajstić information content (AvgIpc) is 2.48. The first-order valence-corrected chi connectivity index (χ1v) is 6.13. The Bertz CT molecular complexity index is 409. The van der Waals surface area contributed by atoms with Gasteiger partial charge in [-0.05, 0) is 17.7 Å². The molecule has 1 aromatic rings. The fourth-order valence-corrected chi connectivity index (χ4v) is 1.47. The summed E-state index contributed by atoms with van der Waals surface area (Å²) in [5.41, 5.74) is 4.73. The third kappa shape index (κ3) is 4.78. The molecule has 0 heterocycles. The van der Waals surface area contributed by atoms with Crippen LogP contribution in [0, 0.1) is 0 Å². The summed E-state index contributed by atoms with van der Waals surface area (Å²) in [7, 11) is 0. The first-order valence-electron chi connectivity index (χ1n) is 6.13. The number of primary amides is 1. The molecule has 0 aliphatic carbocycles. The molecule has 6 N–H and O–H groups in total. The first-order chi connectivity index (χ1) is 9.55. The quantitative estimate of drug-likeness (QED) is 0.370. The number of amides is 1. The molecule has 0 atom stereocenters. The highest BCUT2D eigenvalue weighted by Crippen LogP contribution is 2.13. The minimum atomic E-state index is -1.11. The highest BCUT2D eigenvalue weighted by atomic mass is 16.5. The Morgan fingerprint density at radius 2 is 1.70 bits per heavy atom. The smallest absolute Gasteiger partial charge is 0.255 e. The summed E-state index contributed by atoms with van der Waals surface area (Å²) in [5, 5.41) is 30.4. The van der Waals surface area contributed by atoms with Gasteiger partial charge in [-0.25, -0.2) is 0 Å². The van der Waals surface area contributed by atoms with Gasteiger partial charge in [0, 0.05) is 6.54 Å². The summed E-state index contributed by atoms with van der Waals surface area (Å²) in [4.78, 5) is 10.6. The number of hydrogen-bond donors (Lipinski definition) is 5. The van der Waals surface area contributed by atoms with E-state index in [9.17, 15) is 20.1 Å². The number of ether oxygens (including phenoxy) is 1. The van der Waals surface area contributed by atoms with Crippen LogP contribution in [-0.2, 0) is 11.3 Å². The topological polar surface area (TPSA) is 125 Å². The average molecular weight is 284 g/mol. The number of rotatable bonds is 9. The molecule has 112 valence electrons. The second-order valence-corrected chi connectivity index (χ2v) is 4.51. The number of carbonyl (C=O) groups is 1. The van der Waals surface area contributed by atoms with E-state index in [-0.39, 0.29) is 26.4 Å². The van der Waals surface area contributed by atoms with Crippen molar-refractivity contribution < 1.29 is 24.9 Å². The lowest BCUT2D eigenvalue weighted by Crippen LogP contribution is -2.54. The van der Waals surface area contributed by atoms with Gasteiger partial charge in [0.15, 0.2) is 6.61 Å². The lowest BCUT2D eigenvalue weighted by Gasteiger charge is -2.28. The zero-order chi connectivity index (χ0) is 15.0. The molecule has 1 amide bonds. The van der Waals surface area contributed by atoms with E-state index in [1.165, 1.54) is 0 Å². The lowest BCUT2D eigenvalue weighted by molar-refractivity contribution is -0.119. The van der Waals surface area contributed by atoms with Crippen LogP contribution in [0.5, 0.6) is 5.75 Å². The van der Waals surface area contributed by atoms with Crippen LogP contribution < -0.4 is 15.8 Å². The van der Waals surface area contributed by atoms with Gasteiger partial charge in [0.25, 0.3) is 5.91 Å². The summed E-state index contributed by atoms with van der Waals surface area (Å²) in [6.45, 7) is -0.947. The van der Waals surface area contributed by atoms with Gasteiger partial charge in [0.1, 0.15) is 5.75 Å². The standard InChI is InChI=1S/C13H20N2O5/c14-12(19)6-20-11-3-1-10(2-4-11)5-15-13(7-16,8-17)9-18/h1-4,15-18H,5-9H2,(H2,14,19). The van der Waals surface area contributed by atoms with Gasteiger partial charge in [-0.2, -0.15) is 0 Å². The van der Waals surface area contributed by atoms with Crippen molar-refractivity contribution in [2.45, 2.75) is 12.1 Å². The van der Waals surface area contributed by atoms with Crippen LogP contribution in [0.1, 0.15) is 5.56 Å². The van der Waals surface area contributed by atoms with Crippen molar-refractivity contribution in [1.82, 2.24) is 5.32 Å². The molecule has 0 saturated heterocycles. The number of aliphatic hydroxyl groups excluding tert-OH is 3. The number of carbonyl (C=O) groups excluding carboxylic acids is 1. The van der Waals surface area contributed by atoms with Crippen LogP contribution in [0.3, 0.4) is 0 Å². The molecule has 0 aliphatic rings. The predicted molar refractivity (Wildman–Crippen MR) is 72.0 cm³/mol. The summed E-state index contributed by atoms with van der Waals surface area (Å²) in [6, 6.07) is 6.89. The third-order valence-corrected chi connectivity index (χ3v) is 2.88. The van der Waals surface area contributed by atoms with E-state index < -0.39 is 11.4 Å². The van der Waals surface area contributed by atoms with Gasteiger partial charge < -0.3 is 31.1 Å². The molecule has 7 heteroatoms. The van der Waals surface area contributed by atoms with Crippen LogP contribution in [0.25, 0.3) is 0 Å². The fourth-order valence-electron chi connectivity index (χ4n) is 1.47. The molecule has 0 aliphatic heterocycles. The van der Waals surface area contributed by atoms with Gasteiger partial charge in [0.2, 0.25) is 0 Å². The van der Waals surface area contributed by atoms with E-state index in [1.54, 1.807) is 24.3 Å². The van der Waals surface area contributed by atoms with E-state index >= 15 is 0 Å². The Morgan fingerprint density at radius 1 is 1.15 bits per heavy atom. The largest absolute Gasteiger partial charge is 0.484 e. The SMILES string of the molecule is NC(=O)COc1ccc(CNC(CO)(CO)CO)cc1. The maximum atomic E-state index is 10.6. The minimum absolute atomic E-state index is 0.180. The van der Waals surface area contributed by atoms with Crippen molar-refractivity contribution in [1.29, 1.82) is 0 Å².